The standard InChI is InChI=1S/C10H6ClF3N2O/c1-5(17)8-9(10(12,13)14)15-7-3-2-6(11)4-16(7)8/h2-4H,1H3. The van der Waals surface area contributed by atoms with E-state index < -0.39 is 23.3 Å². The Morgan fingerprint density at radius 3 is 2.59 bits per heavy atom. The van der Waals surface area contributed by atoms with Gasteiger partial charge in [-0.05, 0) is 12.1 Å². The number of Topliss-reactive ketones (excluding diaryl/α,β-unsaturated/α-hetero) is 1. The van der Waals surface area contributed by atoms with E-state index in [4.69, 9.17) is 11.6 Å². The fraction of sp³-hybridized carbons (Fsp3) is 0.200. The lowest BCUT2D eigenvalue weighted by atomic mass is 10.2. The molecule has 0 fully saturated rings. The minimum absolute atomic E-state index is 0.0342. The molecule has 17 heavy (non-hydrogen) atoms. The van der Waals surface area contributed by atoms with Crippen molar-refractivity contribution < 1.29 is 18.0 Å². The normalized spacial score (nSPS) is 12.1. The van der Waals surface area contributed by atoms with Crippen LogP contribution in [0.25, 0.3) is 5.65 Å². The molecule has 2 rings (SSSR count). The number of ketones is 1. The number of imidazole rings is 1. The van der Waals surface area contributed by atoms with Gasteiger partial charge < -0.3 is 0 Å². The number of nitrogens with zero attached hydrogens (tertiary/aromatic N) is 2. The fourth-order valence-electron chi connectivity index (χ4n) is 1.55. The predicted molar refractivity (Wildman–Crippen MR) is 55.2 cm³/mol. The molecule has 0 aliphatic rings. The molecule has 90 valence electrons. The Kier molecular flexibility index (Phi) is 2.61. The highest BCUT2D eigenvalue weighted by atomic mass is 35.5. The van der Waals surface area contributed by atoms with Gasteiger partial charge in [-0.15, -0.1) is 0 Å². The second-order valence-corrected chi connectivity index (χ2v) is 3.87. The molecular formula is C10H6ClF3N2O. The molecule has 3 nitrogen and oxygen atoms in total. The highest BCUT2D eigenvalue weighted by Crippen LogP contribution is 2.32. The van der Waals surface area contributed by atoms with Crippen LogP contribution in [0.3, 0.4) is 0 Å². The molecule has 2 heterocycles. The van der Waals surface area contributed by atoms with Gasteiger partial charge in [-0.2, -0.15) is 13.2 Å². The van der Waals surface area contributed by atoms with E-state index in [0.717, 1.165) is 11.3 Å². The number of carbonyl (C=O) groups excluding carboxylic acids is 1. The first kappa shape index (κ1) is 11.9. The van der Waals surface area contributed by atoms with Gasteiger partial charge in [-0.1, -0.05) is 11.6 Å². The molecule has 0 bridgehead atoms. The number of hydrogen-bond acceptors (Lipinski definition) is 2. The Bertz CT molecular complexity index is 603. The van der Waals surface area contributed by atoms with E-state index in [-0.39, 0.29) is 10.7 Å². The van der Waals surface area contributed by atoms with Gasteiger partial charge in [0.25, 0.3) is 0 Å². The van der Waals surface area contributed by atoms with Crippen LogP contribution in [0.5, 0.6) is 0 Å². The van der Waals surface area contributed by atoms with E-state index in [1.54, 1.807) is 0 Å². The molecule has 7 heteroatoms. The van der Waals surface area contributed by atoms with Crippen LogP contribution in [-0.2, 0) is 6.18 Å². The molecule has 0 aliphatic heterocycles. The summed E-state index contributed by atoms with van der Waals surface area (Å²) in [5, 5.41) is 0.228. The quantitative estimate of drug-likeness (QED) is 0.740. The van der Waals surface area contributed by atoms with Gasteiger partial charge in [0.1, 0.15) is 11.3 Å². The molecule has 0 saturated carbocycles. The van der Waals surface area contributed by atoms with E-state index in [0.29, 0.717) is 0 Å². The van der Waals surface area contributed by atoms with E-state index >= 15 is 0 Å². The van der Waals surface area contributed by atoms with Gasteiger partial charge in [0, 0.05) is 13.1 Å². The van der Waals surface area contributed by atoms with E-state index in [1.165, 1.54) is 18.3 Å². The average Bonchev–Trinajstić information content (AvgIpc) is 2.55. The summed E-state index contributed by atoms with van der Waals surface area (Å²) >= 11 is 5.68. The summed E-state index contributed by atoms with van der Waals surface area (Å²) in [6.07, 6.45) is -3.44. The minimum atomic E-state index is -4.67. The van der Waals surface area contributed by atoms with Crippen LogP contribution in [0.1, 0.15) is 23.1 Å². The van der Waals surface area contributed by atoms with Crippen LogP contribution in [0.4, 0.5) is 13.2 Å². The fourth-order valence-corrected chi connectivity index (χ4v) is 1.71. The first-order valence-electron chi connectivity index (χ1n) is 4.56. The zero-order valence-electron chi connectivity index (χ0n) is 8.55. The number of pyridine rings is 1. The average molecular weight is 263 g/mol. The summed E-state index contributed by atoms with van der Waals surface area (Å²) in [5.74, 6) is -0.716. The first-order valence-corrected chi connectivity index (χ1v) is 4.94. The molecule has 2 aromatic heterocycles. The molecule has 0 N–H and O–H groups in total. The molecule has 0 atom stereocenters. The number of halogens is 4. The van der Waals surface area contributed by atoms with Crippen LogP contribution in [0.15, 0.2) is 18.3 Å². The van der Waals surface area contributed by atoms with Crippen molar-refractivity contribution in [1.82, 2.24) is 9.38 Å². The lowest BCUT2D eigenvalue weighted by molar-refractivity contribution is -0.141. The maximum Gasteiger partial charge on any atom is 0.435 e. The second-order valence-electron chi connectivity index (χ2n) is 3.44. The molecule has 0 aromatic carbocycles. The number of fused-ring (bicyclic) bond motifs is 1. The van der Waals surface area contributed by atoms with Gasteiger partial charge in [0.2, 0.25) is 0 Å². The highest BCUT2D eigenvalue weighted by Gasteiger charge is 2.39. The maximum absolute atomic E-state index is 12.7. The number of hydrogen-bond donors (Lipinski definition) is 0. The summed E-state index contributed by atoms with van der Waals surface area (Å²) in [7, 11) is 0. The third-order valence-electron chi connectivity index (χ3n) is 2.18. The van der Waals surface area contributed by atoms with Crippen molar-refractivity contribution in [3.63, 3.8) is 0 Å². The van der Waals surface area contributed by atoms with Crippen molar-refractivity contribution in [3.05, 3.63) is 34.7 Å². The summed E-state index contributed by atoms with van der Waals surface area (Å²) in [6.45, 7) is 1.06. The Morgan fingerprint density at radius 2 is 2.06 bits per heavy atom. The summed E-state index contributed by atoms with van der Waals surface area (Å²) in [5.41, 5.74) is -1.66. The molecule has 0 unspecified atom stereocenters. The Labute approximate surface area is 98.8 Å². The third kappa shape index (κ3) is 2.00. The highest BCUT2D eigenvalue weighted by molar-refractivity contribution is 6.30. The molecule has 0 aliphatic carbocycles. The monoisotopic (exact) mass is 262 g/mol. The molecule has 0 spiro atoms. The van der Waals surface area contributed by atoms with Gasteiger partial charge in [0.15, 0.2) is 11.5 Å². The predicted octanol–water partition coefficient (Wildman–Crippen LogP) is 3.21. The molecule has 0 radical (unpaired) electrons. The van der Waals surface area contributed by atoms with Crippen LogP contribution in [-0.4, -0.2) is 15.2 Å². The number of aromatic nitrogens is 2. The maximum atomic E-state index is 12.7. The zero-order chi connectivity index (χ0) is 12.8. The molecule has 2 aromatic rings. The van der Waals surface area contributed by atoms with Gasteiger partial charge >= 0.3 is 6.18 Å². The molecule has 0 saturated heterocycles. The van der Waals surface area contributed by atoms with Crippen LogP contribution < -0.4 is 0 Å². The number of rotatable bonds is 1. The van der Waals surface area contributed by atoms with Gasteiger partial charge in [0.05, 0.1) is 5.02 Å². The third-order valence-corrected chi connectivity index (χ3v) is 2.41. The Hall–Kier alpha value is -1.56. The van der Waals surface area contributed by atoms with Crippen molar-refractivity contribution in [3.8, 4) is 0 Å². The van der Waals surface area contributed by atoms with Crippen LogP contribution >= 0.6 is 11.6 Å². The SMILES string of the molecule is CC(=O)c1c(C(F)(F)F)nc2ccc(Cl)cn12. The van der Waals surface area contributed by atoms with Crippen molar-refractivity contribution in [2.75, 3.05) is 0 Å². The van der Waals surface area contributed by atoms with Crippen molar-refractivity contribution >= 4 is 23.0 Å². The number of alkyl halides is 3. The zero-order valence-corrected chi connectivity index (χ0v) is 9.30. The van der Waals surface area contributed by atoms with Crippen molar-refractivity contribution in [2.24, 2.45) is 0 Å². The largest absolute Gasteiger partial charge is 0.435 e. The van der Waals surface area contributed by atoms with Crippen LogP contribution in [0, 0.1) is 0 Å². The lowest BCUT2D eigenvalue weighted by Gasteiger charge is -2.04. The molecular weight excluding hydrogens is 257 g/mol. The second kappa shape index (κ2) is 3.73. The topological polar surface area (TPSA) is 34.4 Å². The lowest BCUT2D eigenvalue weighted by Crippen LogP contribution is -2.12. The Balaban J connectivity index is 2.86. The van der Waals surface area contributed by atoms with Gasteiger partial charge in [-0.25, -0.2) is 4.98 Å². The molecule has 0 amide bonds. The number of carbonyl (C=O) groups is 1. The first-order chi connectivity index (χ1) is 7.80. The summed E-state index contributed by atoms with van der Waals surface area (Å²) < 4.78 is 39.1. The van der Waals surface area contributed by atoms with E-state index in [2.05, 4.69) is 4.98 Å². The smallest absolute Gasteiger partial charge is 0.295 e. The Morgan fingerprint density at radius 1 is 1.41 bits per heavy atom. The van der Waals surface area contributed by atoms with Gasteiger partial charge in [-0.3, -0.25) is 9.20 Å². The summed E-state index contributed by atoms with van der Waals surface area (Å²) in [6, 6.07) is 2.73. The van der Waals surface area contributed by atoms with Crippen molar-refractivity contribution in [2.45, 2.75) is 13.1 Å². The van der Waals surface area contributed by atoms with E-state index in [9.17, 15) is 18.0 Å². The van der Waals surface area contributed by atoms with Crippen molar-refractivity contribution in [1.29, 1.82) is 0 Å². The minimum Gasteiger partial charge on any atom is -0.295 e. The van der Waals surface area contributed by atoms with E-state index in [1.807, 2.05) is 0 Å². The van der Waals surface area contributed by atoms with Crippen LogP contribution in [0.2, 0.25) is 5.02 Å². The summed E-state index contributed by atoms with van der Waals surface area (Å²) in [4.78, 5) is 14.7.